The lowest BCUT2D eigenvalue weighted by atomic mass is 9.87. The number of hydrogen-bond donors (Lipinski definition) is 1. The second-order valence-electron chi connectivity index (χ2n) is 6.30. The van der Waals surface area contributed by atoms with Crippen LogP contribution in [0.3, 0.4) is 0 Å². The van der Waals surface area contributed by atoms with Crippen molar-refractivity contribution in [2.75, 3.05) is 26.7 Å². The van der Waals surface area contributed by atoms with E-state index in [-0.39, 0.29) is 0 Å². The van der Waals surface area contributed by atoms with Gasteiger partial charge in [-0.3, -0.25) is 0 Å². The molecule has 1 heterocycles. The third-order valence-electron chi connectivity index (χ3n) is 4.95. The molecular formula is C17H26N2. The van der Waals surface area contributed by atoms with Gasteiger partial charge in [0.1, 0.15) is 0 Å². The van der Waals surface area contributed by atoms with Crippen molar-refractivity contribution in [1.29, 1.82) is 0 Å². The third-order valence-corrected chi connectivity index (χ3v) is 4.95. The van der Waals surface area contributed by atoms with Gasteiger partial charge in [0, 0.05) is 12.6 Å². The highest BCUT2D eigenvalue weighted by molar-refractivity contribution is 5.30. The minimum absolute atomic E-state index is 0.754. The van der Waals surface area contributed by atoms with Crippen molar-refractivity contribution in [3.63, 3.8) is 0 Å². The number of rotatable bonds is 3. The molecule has 0 amide bonds. The summed E-state index contributed by atoms with van der Waals surface area (Å²) in [4.78, 5) is 2.63. The highest BCUT2D eigenvalue weighted by atomic mass is 15.1. The van der Waals surface area contributed by atoms with E-state index in [1.165, 1.54) is 51.7 Å². The van der Waals surface area contributed by atoms with Gasteiger partial charge in [-0.25, -0.2) is 0 Å². The number of nitrogens with zero attached hydrogens (tertiary/aromatic N) is 1. The highest BCUT2D eigenvalue weighted by Gasteiger charge is 2.24. The molecular weight excluding hydrogens is 232 g/mol. The van der Waals surface area contributed by atoms with Crippen LogP contribution in [0.1, 0.15) is 30.4 Å². The van der Waals surface area contributed by atoms with Crippen LogP contribution in [0.2, 0.25) is 0 Å². The van der Waals surface area contributed by atoms with Crippen molar-refractivity contribution in [3.8, 4) is 0 Å². The van der Waals surface area contributed by atoms with Crippen molar-refractivity contribution in [2.45, 2.75) is 38.1 Å². The summed E-state index contributed by atoms with van der Waals surface area (Å²) in [6.07, 6.45) is 6.55. The Kier molecular flexibility index (Phi) is 4.19. The maximum atomic E-state index is 3.46. The van der Waals surface area contributed by atoms with Crippen molar-refractivity contribution in [2.24, 2.45) is 5.92 Å². The summed E-state index contributed by atoms with van der Waals surface area (Å²) in [7, 11) is 2.33. The lowest BCUT2D eigenvalue weighted by molar-refractivity contribution is 0.173. The Morgan fingerprint density at radius 3 is 2.63 bits per heavy atom. The Hall–Kier alpha value is -0.860. The summed E-state index contributed by atoms with van der Waals surface area (Å²) >= 11 is 0. The first-order chi connectivity index (χ1) is 9.33. The van der Waals surface area contributed by atoms with Gasteiger partial charge in [-0.15, -0.1) is 0 Å². The van der Waals surface area contributed by atoms with Crippen LogP contribution in [0.5, 0.6) is 0 Å². The van der Waals surface area contributed by atoms with E-state index in [1.54, 1.807) is 11.1 Å². The summed E-state index contributed by atoms with van der Waals surface area (Å²) in [5.41, 5.74) is 3.16. The summed E-state index contributed by atoms with van der Waals surface area (Å²) < 4.78 is 0. The van der Waals surface area contributed by atoms with Crippen LogP contribution in [0.15, 0.2) is 24.3 Å². The Labute approximate surface area is 117 Å². The monoisotopic (exact) mass is 258 g/mol. The second kappa shape index (κ2) is 6.06. The van der Waals surface area contributed by atoms with Crippen LogP contribution >= 0.6 is 0 Å². The minimum Gasteiger partial charge on any atom is -0.317 e. The molecule has 1 saturated heterocycles. The van der Waals surface area contributed by atoms with Crippen LogP contribution in [-0.4, -0.2) is 37.6 Å². The van der Waals surface area contributed by atoms with Gasteiger partial charge in [-0.05, 0) is 69.3 Å². The molecule has 1 N–H and O–H groups in total. The normalized spacial score (nSPS) is 24.4. The van der Waals surface area contributed by atoms with E-state index in [1.807, 2.05) is 0 Å². The molecule has 0 saturated carbocycles. The molecule has 1 atom stereocenters. The number of fused-ring (bicyclic) bond motifs is 1. The molecule has 2 heteroatoms. The van der Waals surface area contributed by atoms with E-state index >= 15 is 0 Å². The minimum atomic E-state index is 0.754. The average Bonchev–Trinajstić information content (AvgIpc) is 2.48. The summed E-state index contributed by atoms with van der Waals surface area (Å²) in [5, 5.41) is 3.46. The third kappa shape index (κ3) is 3.18. The van der Waals surface area contributed by atoms with Crippen molar-refractivity contribution >= 4 is 0 Å². The van der Waals surface area contributed by atoms with Gasteiger partial charge in [0.05, 0.1) is 0 Å². The SMILES string of the molecule is CN(CC1CCNCC1)C1CCc2ccccc2C1. The van der Waals surface area contributed by atoms with Crippen LogP contribution in [-0.2, 0) is 12.8 Å². The zero-order chi connectivity index (χ0) is 13.1. The zero-order valence-corrected chi connectivity index (χ0v) is 12.1. The van der Waals surface area contributed by atoms with E-state index in [9.17, 15) is 0 Å². The molecule has 1 unspecified atom stereocenters. The average molecular weight is 258 g/mol. The van der Waals surface area contributed by atoms with Crippen LogP contribution < -0.4 is 5.32 Å². The standard InChI is InChI=1S/C17H26N2/c1-19(13-14-8-10-18-11-9-14)17-7-6-15-4-2-3-5-16(15)12-17/h2-5,14,17-18H,6-13H2,1H3. The van der Waals surface area contributed by atoms with E-state index < -0.39 is 0 Å². The number of benzene rings is 1. The van der Waals surface area contributed by atoms with Crippen molar-refractivity contribution in [3.05, 3.63) is 35.4 Å². The number of nitrogens with one attached hydrogen (secondary N) is 1. The van der Waals surface area contributed by atoms with E-state index in [2.05, 4.69) is 41.5 Å². The molecule has 19 heavy (non-hydrogen) atoms. The Morgan fingerprint density at radius 1 is 1.11 bits per heavy atom. The zero-order valence-electron chi connectivity index (χ0n) is 12.1. The molecule has 1 aromatic rings. The van der Waals surface area contributed by atoms with Gasteiger partial charge in [0.2, 0.25) is 0 Å². The molecule has 2 nitrogen and oxygen atoms in total. The fraction of sp³-hybridized carbons (Fsp3) is 0.647. The fourth-order valence-electron chi connectivity index (χ4n) is 3.68. The molecule has 0 spiro atoms. The molecule has 1 aliphatic heterocycles. The molecule has 2 aliphatic rings. The first-order valence-electron chi connectivity index (χ1n) is 7.80. The highest BCUT2D eigenvalue weighted by Crippen LogP contribution is 2.25. The quantitative estimate of drug-likeness (QED) is 0.896. The topological polar surface area (TPSA) is 15.3 Å². The summed E-state index contributed by atoms with van der Waals surface area (Å²) in [6, 6.07) is 9.74. The van der Waals surface area contributed by atoms with Crippen LogP contribution in [0.4, 0.5) is 0 Å². The molecule has 0 radical (unpaired) electrons. The predicted octanol–water partition coefficient (Wildman–Crippen LogP) is 2.48. The van der Waals surface area contributed by atoms with E-state index in [0.29, 0.717) is 0 Å². The summed E-state index contributed by atoms with van der Waals surface area (Å²) in [5.74, 6) is 0.906. The van der Waals surface area contributed by atoms with Gasteiger partial charge >= 0.3 is 0 Å². The smallest absolute Gasteiger partial charge is 0.0136 e. The van der Waals surface area contributed by atoms with Gasteiger partial charge < -0.3 is 10.2 Å². The largest absolute Gasteiger partial charge is 0.317 e. The maximum Gasteiger partial charge on any atom is 0.0136 e. The summed E-state index contributed by atoms with van der Waals surface area (Å²) in [6.45, 7) is 3.71. The first kappa shape index (κ1) is 13.1. The molecule has 1 aromatic carbocycles. The van der Waals surface area contributed by atoms with E-state index in [0.717, 1.165) is 12.0 Å². The number of aryl methyl sites for hydroxylation is 1. The van der Waals surface area contributed by atoms with Gasteiger partial charge in [-0.2, -0.15) is 0 Å². The molecule has 0 bridgehead atoms. The lowest BCUT2D eigenvalue weighted by Gasteiger charge is -2.35. The molecule has 104 valence electrons. The predicted molar refractivity (Wildman–Crippen MR) is 80.5 cm³/mol. The molecule has 1 aliphatic carbocycles. The Morgan fingerprint density at radius 2 is 1.84 bits per heavy atom. The molecule has 0 aromatic heterocycles. The number of likely N-dealkylation sites (N-methyl/N-ethyl adjacent to an activating group) is 1. The maximum absolute atomic E-state index is 3.46. The lowest BCUT2D eigenvalue weighted by Crippen LogP contribution is -2.41. The van der Waals surface area contributed by atoms with E-state index in [4.69, 9.17) is 0 Å². The first-order valence-corrected chi connectivity index (χ1v) is 7.80. The van der Waals surface area contributed by atoms with Gasteiger partial charge in [0.25, 0.3) is 0 Å². The van der Waals surface area contributed by atoms with Gasteiger partial charge in [-0.1, -0.05) is 24.3 Å². The van der Waals surface area contributed by atoms with Crippen molar-refractivity contribution in [1.82, 2.24) is 10.2 Å². The van der Waals surface area contributed by atoms with Crippen molar-refractivity contribution < 1.29 is 0 Å². The molecule has 3 rings (SSSR count). The fourth-order valence-corrected chi connectivity index (χ4v) is 3.68. The Bertz CT molecular complexity index is 409. The number of hydrogen-bond acceptors (Lipinski definition) is 2. The van der Waals surface area contributed by atoms with Gasteiger partial charge in [0.15, 0.2) is 0 Å². The second-order valence-corrected chi connectivity index (χ2v) is 6.30. The Balaban J connectivity index is 1.58. The van der Waals surface area contributed by atoms with Crippen LogP contribution in [0, 0.1) is 5.92 Å². The molecule has 1 fully saturated rings. The number of piperidine rings is 1. The van der Waals surface area contributed by atoms with Crippen LogP contribution in [0.25, 0.3) is 0 Å².